The van der Waals surface area contributed by atoms with Crippen LogP contribution in [0.3, 0.4) is 0 Å². The summed E-state index contributed by atoms with van der Waals surface area (Å²) in [5.74, 6) is 0. The van der Waals surface area contributed by atoms with Crippen molar-refractivity contribution >= 4 is 15.9 Å². The Bertz CT molecular complexity index is 303. The van der Waals surface area contributed by atoms with Crippen LogP contribution in [0.25, 0.3) is 0 Å². The molecule has 1 N–H and O–H groups in total. The Kier molecular flexibility index (Phi) is 5.50. The molecule has 1 nitrogen and oxygen atoms in total. The van der Waals surface area contributed by atoms with Crippen LogP contribution in [0.4, 0.5) is 0 Å². The van der Waals surface area contributed by atoms with Crippen molar-refractivity contribution in [3.8, 4) is 0 Å². The van der Waals surface area contributed by atoms with E-state index in [4.69, 9.17) is 0 Å². The molecular formula is C14H22BrN. The van der Waals surface area contributed by atoms with E-state index in [9.17, 15) is 0 Å². The van der Waals surface area contributed by atoms with Gasteiger partial charge in [0.25, 0.3) is 0 Å². The lowest BCUT2D eigenvalue weighted by Gasteiger charge is -2.24. The monoisotopic (exact) mass is 283 g/mol. The van der Waals surface area contributed by atoms with Gasteiger partial charge in [-0.05, 0) is 56.0 Å². The van der Waals surface area contributed by atoms with Crippen LogP contribution in [0, 0.1) is 5.41 Å². The van der Waals surface area contributed by atoms with Gasteiger partial charge in [0.2, 0.25) is 0 Å². The van der Waals surface area contributed by atoms with E-state index in [2.05, 4.69) is 59.4 Å². The molecule has 0 aliphatic carbocycles. The first-order valence-electron chi connectivity index (χ1n) is 5.92. The van der Waals surface area contributed by atoms with Crippen LogP contribution in [-0.2, 0) is 6.42 Å². The van der Waals surface area contributed by atoms with Gasteiger partial charge >= 0.3 is 0 Å². The summed E-state index contributed by atoms with van der Waals surface area (Å²) in [7, 11) is 2.02. The molecule has 0 saturated heterocycles. The summed E-state index contributed by atoms with van der Waals surface area (Å²) >= 11 is 3.46. The van der Waals surface area contributed by atoms with Gasteiger partial charge in [-0.1, -0.05) is 41.9 Å². The zero-order valence-corrected chi connectivity index (χ0v) is 12.1. The first kappa shape index (κ1) is 13.7. The van der Waals surface area contributed by atoms with Crippen molar-refractivity contribution in [3.05, 3.63) is 34.3 Å². The van der Waals surface area contributed by atoms with Gasteiger partial charge in [0.05, 0.1) is 0 Å². The maximum atomic E-state index is 3.46. The lowest BCUT2D eigenvalue weighted by molar-refractivity contribution is 0.305. The molecule has 0 amide bonds. The largest absolute Gasteiger partial charge is 0.320 e. The van der Waals surface area contributed by atoms with E-state index in [0.29, 0.717) is 5.41 Å². The van der Waals surface area contributed by atoms with E-state index in [1.807, 2.05) is 7.05 Å². The fraction of sp³-hybridized carbons (Fsp3) is 0.571. The molecule has 90 valence electrons. The quantitative estimate of drug-likeness (QED) is 0.832. The van der Waals surface area contributed by atoms with Crippen molar-refractivity contribution in [1.82, 2.24) is 5.32 Å². The fourth-order valence-electron chi connectivity index (χ4n) is 1.72. The van der Waals surface area contributed by atoms with Crippen LogP contribution >= 0.6 is 15.9 Å². The maximum Gasteiger partial charge on any atom is 0.0175 e. The third-order valence-corrected chi connectivity index (χ3v) is 3.58. The molecule has 0 aliphatic heterocycles. The van der Waals surface area contributed by atoms with Crippen LogP contribution in [0.5, 0.6) is 0 Å². The summed E-state index contributed by atoms with van der Waals surface area (Å²) in [4.78, 5) is 0. The predicted octanol–water partition coefficient (Wildman–Crippen LogP) is 4.02. The Morgan fingerprint density at radius 3 is 2.31 bits per heavy atom. The highest BCUT2D eigenvalue weighted by atomic mass is 79.9. The van der Waals surface area contributed by atoms with E-state index in [1.165, 1.54) is 24.8 Å². The number of aryl methyl sites for hydroxylation is 1. The van der Waals surface area contributed by atoms with Gasteiger partial charge in [0.1, 0.15) is 0 Å². The molecule has 0 saturated carbocycles. The van der Waals surface area contributed by atoms with Crippen molar-refractivity contribution in [2.24, 2.45) is 5.41 Å². The number of hydrogen-bond acceptors (Lipinski definition) is 1. The molecule has 1 aromatic rings. The molecule has 0 aromatic heterocycles. The molecule has 16 heavy (non-hydrogen) atoms. The summed E-state index contributed by atoms with van der Waals surface area (Å²) in [6.07, 6.45) is 3.65. The molecule has 0 radical (unpaired) electrons. The predicted molar refractivity (Wildman–Crippen MR) is 74.8 cm³/mol. The summed E-state index contributed by atoms with van der Waals surface area (Å²) in [6.45, 7) is 5.81. The van der Waals surface area contributed by atoms with Gasteiger partial charge in [-0.25, -0.2) is 0 Å². The van der Waals surface area contributed by atoms with E-state index in [0.717, 1.165) is 11.0 Å². The van der Waals surface area contributed by atoms with Gasteiger partial charge < -0.3 is 5.32 Å². The lowest BCUT2D eigenvalue weighted by Crippen LogP contribution is -2.20. The Balaban J connectivity index is 2.41. The van der Waals surface area contributed by atoms with Crippen LogP contribution < -0.4 is 5.32 Å². The second-order valence-electron chi connectivity index (χ2n) is 5.14. The number of halogens is 1. The van der Waals surface area contributed by atoms with Gasteiger partial charge in [-0.2, -0.15) is 0 Å². The van der Waals surface area contributed by atoms with Crippen molar-refractivity contribution < 1.29 is 0 Å². The molecule has 0 aliphatic rings. The minimum Gasteiger partial charge on any atom is -0.320 e. The van der Waals surface area contributed by atoms with Crippen molar-refractivity contribution in [1.29, 1.82) is 0 Å². The summed E-state index contributed by atoms with van der Waals surface area (Å²) < 4.78 is 1.16. The molecule has 0 spiro atoms. The Morgan fingerprint density at radius 1 is 1.12 bits per heavy atom. The molecule has 0 heterocycles. The Hall–Kier alpha value is -0.340. The third kappa shape index (κ3) is 5.13. The minimum atomic E-state index is 0.427. The first-order chi connectivity index (χ1) is 7.53. The second-order valence-corrected chi connectivity index (χ2v) is 6.06. The highest BCUT2D eigenvalue weighted by molar-refractivity contribution is 9.10. The third-order valence-electron chi connectivity index (χ3n) is 3.06. The van der Waals surface area contributed by atoms with E-state index in [1.54, 1.807) is 0 Å². The number of nitrogens with one attached hydrogen (secondary N) is 1. The molecule has 0 bridgehead atoms. The van der Waals surface area contributed by atoms with Gasteiger partial charge in [-0.3, -0.25) is 0 Å². The standard InChI is InChI=1S/C14H22BrN/c1-14(2,10-11-16-3)9-8-12-4-6-13(15)7-5-12/h4-7,16H,8-11H2,1-3H3. The number of hydrogen-bond donors (Lipinski definition) is 1. The molecule has 0 fully saturated rings. The molecule has 1 rings (SSSR count). The van der Waals surface area contributed by atoms with Gasteiger partial charge in [-0.15, -0.1) is 0 Å². The summed E-state index contributed by atoms with van der Waals surface area (Å²) in [5, 5.41) is 3.22. The first-order valence-corrected chi connectivity index (χ1v) is 6.72. The van der Waals surface area contributed by atoms with Gasteiger partial charge in [0.15, 0.2) is 0 Å². The van der Waals surface area contributed by atoms with E-state index >= 15 is 0 Å². The highest BCUT2D eigenvalue weighted by Crippen LogP contribution is 2.26. The molecule has 1 aromatic carbocycles. The van der Waals surface area contributed by atoms with Crippen LogP contribution in [0.15, 0.2) is 28.7 Å². The molecule has 0 unspecified atom stereocenters. The van der Waals surface area contributed by atoms with Gasteiger partial charge in [0, 0.05) is 4.47 Å². The van der Waals surface area contributed by atoms with Crippen molar-refractivity contribution in [2.75, 3.05) is 13.6 Å². The van der Waals surface area contributed by atoms with Crippen molar-refractivity contribution in [2.45, 2.75) is 33.1 Å². The Labute approximate surface area is 108 Å². The smallest absolute Gasteiger partial charge is 0.0175 e. The van der Waals surface area contributed by atoms with Crippen LogP contribution in [0.1, 0.15) is 32.3 Å². The average Bonchev–Trinajstić information content (AvgIpc) is 2.26. The summed E-state index contributed by atoms with van der Waals surface area (Å²) in [6, 6.07) is 8.66. The Morgan fingerprint density at radius 2 is 1.75 bits per heavy atom. The minimum absolute atomic E-state index is 0.427. The SMILES string of the molecule is CNCCC(C)(C)CCc1ccc(Br)cc1. The topological polar surface area (TPSA) is 12.0 Å². The normalized spacial score (nSPS) is 11.8. The molecular weight excluding hydrogens is 262 g/mol. The average molecular weight is 284 g/mol. The molecule has 0 atom stereocenters. The number of benzene rings is 1. The zero-order valence-electron chi connectivity index (χ0n) is 10.5. The lowest BCUT2D eigenvalue weighted by atomic mass is 9.83. The van der Waals surface area contributed by atoms with Crippen LogP contribution in [0.2, 0.25) is 0 Å². The molecule has 2 heteroatoms. The fourth-order valence-corrected chi connectivity index (χ4v) is 1.99. The highest BCUT2D eigenvalue weighted by Gasteiger charge is 2.16. The maximum absolute atomic E-state index is 3.46. The van der Waals surface area contributed by atoms with Crippen LogP contribution in [-0.4, -0.2) is 13.6 Å². The van der Waals surface area contributed by atoms with Crippen molar-refractivity contribution in [3.63, 3.8) is 0 Å². The van der Waals surface area contributed by atoms with E-state index in [-0.39, 0.29) is 0 Å². The summed E-state index contributed by atoms with van der Waals surface area (Å²) in [5.41, 5.74) is 1.86. The van der Waals surface area contributed by atoms with E-state index < -0.39 is 0 Å². The second kappa shape index (κ2) is 6.41. The zero-order chi connectivity index (χ0) is 12.0. The number of rotatable bonds is 6.